The average molecular weight is 186 g/mol. The number of guanidine groups is 1. The third-order valence-electron chi connectivity index (χ3n) is 2.21. The SMILES string of the molecule is CC(=O)[N+]1(N=C(N)N)CCNCC1. The van der Waals surface area contributed by atoms with Crippen molar-refractivity contribution in [3.05, 3.63) is 0 Å². The molecule has 1 heterocycles. The van der Waals surface area contributed by atoms with E-state index in [-0.39, 0.29) is 16.5 Å². The Balaban J connectivity index is 2.86. The van der Waals surface area contributed by atoms with Crippen molar-refractivity contribution in [3.8, 4) is 0 Å². The highest BCUT2D eigenvalue weighted by Gasteiger charge is 2.36. The minimum atomic E-state index is -0.0305. The van der Waals surface area contributed by atoms with E-state index in [2.05, 4.69) is 10.4 Å². The van der Waals surface area contributed by atoms with Crippen LogP contribution in [-0.4, -0.2) is 42.6 Å². The maximum absolute atomic E-state index is 11.4. The number of piperazine rings is 1. The standard InChI is InChI=1S/C7H16N5O/c1-6(13)12(11-7(8)9)4-2-10-3-5-12/h10H,2-5H2,1H3,(H4,8,9,11)/q+1. The number of carbonyl (C=O) groups excluding carboxylic acids is 1. The zero-order valence-electron chi connectivity index (χ0n) is 7.79. The highest BCUT2D eigenvalue weighted by atomic mass is 16.2. The lowest BCUT2D eigenvalue weighted by atomic mass is 10.3. The van der Waals surface area contributed by atoms with E-state index in [0.29, 0.717) is 13.1 Å². The third-order valence-corrected chi connectivity index (χ3v) is 2.21. The van der Waals surface area contributed by atoms with Gasteiger partial charge in [0, 0.05) is 13.1 Å². The van der Waals surface area contributed by atoms with Gasteiger partial charge in [0.25, 0.3) is 0 Å². The first kappa shape index (κ1) is 9.94. The minimum Gasteiger partial charge on any atom is -0.366 e. The summed E-state index contributed by atoms with van der Waals surface area (Å²) in [5.74, 6) is -0.0491. The number of nitrogens with two attached hydrogens (primary N) is 2. The minimum absolute atomic E-state index is 0.0186. The zero-order valence-corrected chi connectivity index (χ0v) is 7.79. The number of amides is 1. The first-order valence-corrected chi connectivity index (χ1v) is 4.27. The zero-order chi connectivity index (χ0) is 9.90. The first-order valence-electron chi connectivity index (χ1n) is 4.27. The van der Waals surface area contributed by atoms with E-state index in [0.717, 1.165) is 13.1 Å². The predicted octanol–water partition coefficient (Wildman–Crippen LogP) is -1.86. The van der Waals surface area contributed by atoms with Crippen molar-refractivity contribution in [1.29, 1.82) is 0 Å². The molecule has 0 radical (unpaired) electrons. The second-order valence-electron chi connectivity index (χ2n) is 3.16. The van der Waals surface area contributed by atoms with Crippen molar-refractivity contribution in [2.75, 3.05) is 26.2 Å². The number of nitrogens with one attached hydrogen (secondary N) is 1. The molecule has 0 aromatic rings. The fourth-order valence-electron chi connectivity index (χ4n) is 1.47. The smallest absolute Gasteiger partial charge is 0.336 e. The fourth-order valence-corrected chi connectivity index (χ4v) is 1.47. The molecule has 0 aromatic heterocycles. The second-order valence-corrected chi connectivity index (χ2v) is 3.16. The molecule has 1 aliphatic heterocycles. The molecule has 13 heavy (non-hydrogen) atoms. The first-order chi connectivity index (χ1) is 6.07. The van der Waals surface area contributed by atoms with Gasteiger partial charge in [0.2, 0.25) is 5.96 Å². The lowest BCUT2D eigenvalue weighted by Gasteiger charge is -2.31. The monoisotopic (exact) mass is 186 g/mol. The van der Waals surface area contributed by atoms with Gasteiger partial charge in [-0.05, 0) is 5.10 Å². The summed E-state index contributed by atoms with van der Waals surface area (Å²) in [5.41, 5.74) is 10.6. The van der Waals surface area contributed by atoms with Crippen molar-refractivity contribution < 1.29 is 9.39 Å². The van der Waals surface area contributed by atoms with Gasteiger partial charge in [-0.3, -0.25) is 0 Å². The molecule has 6 nitrogen and oxygen atoms in total. The van der Waals surface area contributed by atoms with Crippen LogP contribution >= 0.6 is 0 Å². The fraction of sp³-hybridized carbons (Fsp3) is 0.714. The Morgan fingerprint density at radius 2 is 1.92 bits per heavy atom. The van der Waals surface area contributed by atoms with Crippen LogP contribution < -0.4 is 16.8 Å². The Morgan fingerprint density at radius 1 is 1.38 bits per heavy atom. The largest absolute Gasteiger partial charge is 0.366 e. The quantitative estimate of drug-likeness (QED) is 0.254. The molecule has 0 bridgehead atoms. The normalized spacial score (nSPS) is 20.7. The molecule has 1 amide bonds. The van der Waals surface area contributed by atoms with Crippen LogP contribution in [0, 0.1) is 0 Å². The van der Waals surface area contributed by atoms with Gasteiger partial charge in [-0.1, -0.05) is 0 Å². The van der Waals surface area contributed by atoms with Gasteiger partial charge in [0.15, 0.2) is 0 Å². The van der Waals surface area contributed by atoms with Crippen molar-refractivity contribution >= 4 is 11.9 Å². The van der Waals surface area contributed by atoms with Crippen LogP contribution in [-0.2, 0) is 4.79 Å². The molecule has 0 atom stereocenters. The molecular weight excluding hydrogens is 170 g/mol. The summed E-state index contributed by atoms with van der Waals surface area (Å²) in [7, 11) is 0. The summed E-state index contributed by atoms with van der Waals surface area (Å²) in [6.45, 7) is 4.27. The van der Waals surface area contributed by atoms with Crippen LogP contribution in [0.1, 0.15) is 6.92 Å². The summed E-state index contributed by atoms with van der Waals surface area (Å²) >= 11 is 0. The van der Waals surface area contributed by atoms with E-state index in [1.807, 2.05) is 0 Å². The number of nitrogens with zero attached hydrogens (tertiary/aromatic N) is 2. The average Bonchev–Trinajstić information content (AvgIpc) is 2.04. The van der Waals surface area contributed by atoms with Gasteiger partial charge < -0.3 is 16.8 Å². The molecule has 0 unspecified atom stereocenters. The van der Waals surface area contributed by atoms with Gasteiger partial charge in [-0.15, -0.1) is 4.59 Å². The van der Waals surface area contributed by atoms with Crippen LogP contribution in [0.2, 0.25) is 0 Å². The van der Waals surface area contributed by atoms with E-state index >= 15 is 0 Å². The van der Waals surface area contributed by atoms with Crippen LogP contribution in [0.5, 0.6) is 0 Å². The summed E-state index contributed by atoms with van der Waals surface area (Å²) in [6.07, 6.45) is 0. The van der Waals surface area contributed by atoms with Crippen LogP contribution in [0.15, 0.2) is 5.10 Å². The van der Waals surface area contributed by atoms with E-state index in [4.69, 9.17) is 11.5 Å². The third kappa shape index (κ3) is 2.16. The topological polar surface area (TPSA) is 93.5 Å². The number of quaternary nitrogens is 1. The molecule has 0 aromatic carbocycles. The molecule has 5 N–H and O–H groups in total. The highest BCUT2D eigenvalue weighted by molar-refractivity contribution is 5.76. The molecule has 6 heteroatoms. The second kappa shape index (κ2) is 3.71. The Bertz CT molecular complexity index is 227. The Morgan fingerprint density at radius 3 is 2.31 bits per heavy atom. The number of hydrogen-bond donors (Lipinski definition) is 3. The molecule has 0 aliphatic carbocycles. The molecule has 1 aliphatic rings. The molecule has 1 rings (SSSR count). The summed E-state index contributed by atoms with van der Waals surface area (Å²) in [4.78, 5) is 11.4. The van der Waals surface area contributed by atoms with Crippen molar-refractivity contribution in [2.45, 2.75) is 6.92 Å². The van der Waals surface area contributed by atoms with Crippen molar-refractivity contribution in [2.24, 2.45) is 16.6 Å². The van der Waals surface area contributed by atoms with E-state index in [9.17, 15) is 4.79 Å². The lowest BCUT2D eigenvalue weighted by Crippen LogP contribution is -2.58. The van der Waals surface area contributed by atoms with Crippen LogP contribution in [0.25, 0.3) is 0 Å². The van der Waals surface area contributed by atoms with Crippen LogP contribution in [0.3, 0.4) is 0 Å². The molecule has 0 saturated carbocycles. The molecular formula is C7H16N5O+. The van der Waals surface area contributed by atoms with Gasteiger partial charge in [0.1, 0.15) is 13.1 Å². The number of rotatable bonds is 1. The van der Waals surface area contributed by atoms with Crippen LogP contribution in [0.4, 0.5) is 0 Å². The van der Waals surface area contributed by atoms with E-state index in [1.165, 1.54) is 6.92 Å². The summed E-state index contributed by atoms with van der Waals surface area (Å²) in [5, 5.41) is 7.14. The van der Waals surface area contributed by atoms with E-state index in [1.54, 1.807) is 0 Å². The maximum atomic E-state index is 11.4. The number of hydrogen-bond acceptors (Lipinski definition) is 3. The van der Waals surface area contributed by atoms with Gasteiger partial charge in [-0.25, -0.2) is 4.79 Å². The van der Waals surface area contributed by atoms with E-state index < -0.39 is 0 Å². The maximum Gasteiger partial charge on any atom is 0.336 e. The molecule has 1 saturated heterocycles. The highest BCUT2D eigenvalue weighted by Crippen LogP contribution is 2.10. The Hall–Kier alpha value is -1.14. The lowest BCUT2D eigenvalue weighted by molar-refractivity contribution is -0.862. The summed E-state index contributed by atoms with van der Waals surface area (Å²) < 4.78 is 0.0231. The van der Waals surface area contributed by atoms with Crippen molar-refractivity contribution in [3.63, 3.8) is 0 Å². The van der Waals surface area contributed by atoms with Gasteiger partial charge >= 0.3 is 5.91 Å². The van der Waals surface area contributed by atoms with Gasteiger partial charge in [-0.2, -0.15) is 0 Å². The van der Waals surface area contributed by atoms with Crippen molar-refractivity contribution in [1.82, 2.24) is 5.32 Å². The molecule has 74 valence electrons. The summed E-state index contributed by atoms with van der Waals surface area (Å²) in [6, 6.07) is 0. The predicted molar refractivity (Wildman–Crippen MR) is 49.4 cm³/mol. The molecule has 0 spiro atoms. The Kier molecular flexibility index (Phi) is 2.84. The Labute approximate surface area is 77.1 Å². The van der Waals surface area contributed by atoms with Gasteiger partial charge in [0.05, 0.1) is 6.92 Å². The molecule has 1 fully saturated rings. The number of carbonyl (C=O) groups is 1.